The van der Waals surface area contributed by atoms with Crippen LogP contribution in [0.4, 0.5) is 5.69 Å². The third-order valence-corrected chi connectivity index (χ3v) is 2.34. The van der Waals surface area contributed by atoms with Crippen LogP contribution in [0, 0.1) is 6.92 Å². The molecule has 4 N–H and O–H groups in total. The molecular formula is C11H15ClN2. The summed E-state index contributed by atoms with van der Waals surface area (Å²) in [5.74, 6) is 0. The monoisotopic (exact) mass is 210 g/mol. The highest BCUT2D eigenvalue weighted by atomic mass is 35.5. The van der Waals surface area contributed by atoms with Gasteiger partial charge in [0.05, 0.1) is 0 Å². The molecule has 14 heavy (non-hydrogen) atoms. The predicted molar refractivity (Wildman–Crippen MR) is 63.3 cm³/mol. The Morgan fingerprint density at radius 2 is 2.14 bits per heavy atom. The van der Waals surface area contributed by atoms with Crippen molar-refractivity contribution in [1.29, 1.82) is 0 Å². The summed E-state index contributed by atoms with van der Waals surface area (Å²) in [4.78, 5) is 0. The minimum Gasteiger partial charge on any atom is -0.398 e. The van der Waals surface area contributed by atoms with Gasteiger partial charge in [0.1, 0.15) is 0 Å². The van der Waals surface area contributed by atoms with Crippen LogP contribution in [0.1, 0.15) is 17.5 Å². The van der Waals surface area contributed by atoms with Crippen molar-refractivity contribution in [3.8, 4) is 0 Å². The van der Waals surface area contributed by atoms with Gasteiger partial charge in [-0.3, -0.25) is 0 Å². The van der Waals surface area contributed by atoms with E-state index in [0.717, 1.165) is 23.2 Å². The lowest BCUT2D eigenvalue weighted by Crippen LogP contribution is -1.95. The topological polar surface area (TPSA) is 52.0 Å². The first kappa shape index (κ1) is 11.1. The molecule has 0 radical (unpaired) electrons. The van der Waals surface area contributed by atoms with Crippen molar-refractivity contribution >= 4 is 23.4 Å². The molecule has 76 valence electrons. The van der Waals surface area contributed by atoms with Gasteiger partial charge < -0.3 is 11.5 Å². The van der Waals surface area contributed by atoms with Crippen LogP contribution in [0.5, 0.6) is 0 Å². The second kappa shape index (κ2) is 5.03. The molecule has 3 heteroatoms. The number of anilines is 1. The third kappa shape index (κ3) is 2.76. The zero-order valence-electron chi connectivity index (χ0n) is 8.26. The normalized spacial score (nSPS) is 11.1. The number of hydrogen-bond acceptors (Lipinski definition) is 2. The Labute approximate surface area is 89.5 Å². The zero-order chi connectivity index (χ0) is 10.6. The van der Waals surface area contributed by atoms with Crippen LogP contribution >= 0.6 is 11.6 Å². The zero-order valence-corrected chi connectivity index (χ0v) is 9.01. The van der Waals surface area contributed by atoms with Crippen molar-refractivity contribution in [1.82, 2.24) is 0 Å². The standard InChI is InChI=1S/C11H15ClN2/c1-8-6-9(4-2-3-5-13)10(12)7-11(8)14/h2,4,6-7H,3,5,13-14H2,1H3. The highest BCUT2D eigenvalue weighted by molar-refractivity contribution is 6.32. The molecule has 2 nitrogen and oxygen atoms in total. The van der Waals surface area contributed by atoms with Gasteiger partial charge in [-0.25, -0.2) is 0 Å². The molecule has 0 heterocycles. The van der Waals surface area contributed by atoms with E-state index in [-0.39, 0.29) is 0 Å². The van der Waals surface area contributed by atoms with Crippen molar-refractivity contribution in [3.05, 3.63) is 34.4 Å². The first-order chi connectivity index (χ1) is 6.65. The molecule has 0 unspecified atom stereocenters. The number of aryl methyl sites for hydroxylation is 1. The lowest BCUT2D eigenvalue weighted by atomic mass is 10.1. The maximum absolute atomic E-state index is 6.02. The molecule has 0 aliphatic carbocycles. The van der Waals surface area contributed by atoms with Crippen molar-refractivity contribution in [2.24, 2.45) is 5.73 Å². The Morgan fingerprint density at radius 3 is 2.79 bits per heavy atom. The van der Waals surface area contributed by atoms with E-state index in [0.29, 0.717) is 11.6 Å². The van der Waals surface area contributed by atoms with Crippen molar-refractivity contribution in [2.75, 3.05) is 12.3 Å². The number of halogens is 1. The Kier molecular flexibility index (Phi) is 3.98. The van der Waals surface area contributed by atoms with Crippen LogP contribution in [0.2, 0.25) is 5.02 Å². The summed E-state index contributed by atoms with van der Waals surface area (Å²) in [6.45, 7) is 2.62. The van der Waals surface area contributed by atoms with E-state index in [9.17, 15) is 0 Å². The van der Waals surface area contributed by atoms with Crippen molar-refractivity contribution in [2.45, 2.75) is 13.3 Å². The van der Waals surface area contributed by atoms with Gasteiger partial charge in [-0.1, -0.05) is 23.8 Å². The number of rotatable bonds is 3. The van der Waals surface area contributed by atoms with Gasteiger partial charge in [-0.2, -0.15) is 0 Å². The van der Waals surface area contributed by atoms with Gasteiger partial charge in [-0.15, -0.1) is 0 Å². The minimum absolute atomic E-state index is 0.655. The molecule has 0 fully saturated rings. The summed E-state index contributed by atoms with van der Waals surface area (Å²) < 4.78 is 0. The summed E-state index contributed by atoms with van der Waals surface area (Å²) in [6, 6.07) is 3.75. The molecule has 1 aromatic rings. The van der Waals surface area contributed by atoms with Crippen molar-refractivity contribution in [3.63, 3.8) is 0 Å². The molecule has 0 saturated heterocycles. The molecular weight excluding hydrogens is 196 g/mol. The number of nitrogen functional groups attached to an aromatic ring is 1. The van der Waals surface area contributed by atoms with Crippen molar-refractivity contribution < 1.29 is 0 Å². The van der Waals surface area contributed by atoms with Crippen LogP contribution in [0.3, 0.4) is 0 Å². The van der Waals surface area contributed by atoms with E-state index in [1.165, 1.54) is 0 Å². The molecule has 0 atom stereocenters. The van der Waals surface area contributed by atoms with E-state index in [2.05, 4.69) is 0 Å². The Hall–Kier alpha value is -0.990. The lowest BCUT2D eigenvalue weighted by molar-refractivity contribution is 1.01. The molecule has 0 aliphatic rings. The number of benzene rings is 1. The second-order valence-electron chi connectivity index (χ2n) is 3.21. The molecule has 0 spiro atoms. The van der Waals surface area contributed by atoms with E-state index in [1.54, 1.807) is 6.07 Å². The predicted octanol–water partition coefficient (Wildman–Crippen LogP) is 2.59. The van der Waals surface area contributed by atoms with Crippen LogP contribution in [-0.4, -0.2) is 6.54 Å². The van der Waals surface area contributed by atoms with Gasteiger partial charge in [0.25, 0.3) is 0 Å². The number of hydrogen-bond donors (Lipinski definition) is 2. The highest BCUT2D eigenvalue weighted by Crippen LogP contribution is 2.23. The second-order valence-corrected chi connectivity index (χ2v) is 3.62. The smallest absolute Gasteiger partial charge is 0.0498 e. The molecule has 0 aromatic heterocycles. The maximum atomic E-state index is 6.02. The van der Waals surface area contributed by atoms with Crippen LogP contribution < -0.4 is 11.5 Å². The van der Waals surface area contributed by atoms with Gasteiger partial charge in [0, 0.05) is 10.7 Å². The van der Waals surface area contributed by atoms with E-state index in [1.807, 2.05) is 25.1 Å². The maximum Gasteiger partial charge on any atom is 0.0498 e. The van der Waals surface area contributed by atoms with Gasteiger partial charge in [0.15, 0.2) is 0 Å². The SMILES string of the molecule is Cc1cc(C=CCCN)c(Cl)cc1N. The van der Waals surface area contributed by atoms with E-state index >= 15 is 0 Å². The molecule has 0 amide bonds. The molecule has 1 rings (SSSR count). The Bertz CT molecular complexity index is 345. The fraction of sp³-hybridized carbons (Fsp3) is 0.273. The Morgan fingerprint density at radius 1 is 1.43 bits per heavy atom. The highest BCUT2D eigenvalue weighted by Gasteiger charge is 2.00. The summed E-state index contributed by atoms with van der Waals surface area (Å²) >= 11 is 6.02. The van der Waals surface area contributed by atoms with Gasteiger partial charge in [-0.05, 0) is 43.1 Å². The summed E-state index contributed by atoms with van der Waals surface area (Å²) in [5, 5.41) is 0.682. The molecule has 0 bridgehead atoms. The van der Waals surface area contributed by atoms with E-state index in [4.69, 9.17) is 23.1 Å². The quantitative estimate of drug-likeness (QED) is 0.754. The average molecular weight is 211 g/mol. The fourth-order valence-corrected chi connectivity index (χ4v) is 1.39. The largest absolute Gasteiger partial charge is 0.398 e. The first-order valence-electron chi connectivity index (χ1n) is 4.57. The fourth-order valence-electron chi connectivity index (χ4n) is 1.15. The van der Waals surface area contributed by atoms with Gasteiger partial charge >= 0.3 is 0 Å². The van der Waals surface area contributed by atoms with Crippen LogP contribution in [0.15, 0.2) is 18.2 Å². The van der Waals surface area contributed by atoms with E-state index < -0.39 is 0 Å². The molecule has 0 aliphatic heterocycles. The summed E-state index contributed by atoms with van der Waals surface area (Å²) in [7, 11) is 0. The molecule has 0 saturated carbocycles. The van der Waals surface area contributed by atoms with Crippen LogP contribution in [-0.2, 0) is 0 Å². The average Bonchev–Trinajstić information content (AvgIpc) is 2.14. The summed E-state index contributed by atoms with van der Waals surface area (Å²) in [5.41, 5.74) is 13.9. The molecule has 1 aromatic carbocycles. The minimum atomic E-state index is 0.655. The van der Waals surface area contributed by atoms with Gasteiger partial charge in [0.2, 0.25) is 0 Å². The first-order valence-corrected chi connectivity index (χ1v) is 4.95. The summed E-state index contributed by atoms with van der Waals surface area (Å²) in [6.07, 6.45) is 4.85. The lowest BCUT2D eigenvalue weighted by Gasteiger charge is -2.04. The number of nitrogens with two attached hydrogens (primary N) is 2. The third-order valence-electron chi connectivity index (χ3n) is 2.02. The van der Waals surface area contributed by atoms with Crippen LogP contribution in [0.25, 0.3) is 6.08 Å². The Balaban J connectivity index is 2.92.